The summed E-state index contributed by atoms with van der Waals surface area (Å²) in [6, 6.07) is 27.4. The molecule has 1 unspecified atom stereocenters. The van der Waals surface area contributed by atoms with Gasteiger partial charge in [0.1, 0.15) is 0 Å². The molecule has 141 valence electrons. The molecule has 28 heavy (non-hydrogen) atoms. The summed E-state index contributed by atoms with van der Waals surface area (Å²) in [5, 5.41) is 0. The molecule has 4 heteroatoms. The minimum atomic E-state index is 0. The minimum Gasteiger partial charge on any atom is -1.00 e. The van der Waals surface area contributed by atoms with Gasteiger partial charge in [0.25, 0.3) is 0 Å². The second-order valence-electron chi connectivity index (χ2n) is 6.34. The first-order valence-electron chi connectivity index (χ1n) is 8.72. The number of hydrogen-bond acceptors (Lipinski definition) is 1. The molecular weight excluding hydrogens is 425 g/mol. The van der Waals surface area contributed by atoms with E-state index < -0.39 is 0 Å². The van der Waals surface area contributed by atoms with Crippen LogP contribution in [0.5, 0.6) is 0 Å². The van der Waals surface area contributed by atoms with Crippen LogP contribution in [-0.4, -0.2) is 4.98 Å². The third-order valence-electron chi connectivity index (χ3n) is 4.59. The fourth-order valence-electron chi connectivity index (χ4n) is 3.41. The van der Waals surface area contributed by atoms with E-state index in [1.54, 1.807) is 0 Å². The van der Waals surface area contributed by atoms with E-state index in [9.17, 15) is 0 Å². The van der Waals surface area contributed by atoms with Gasteiger partial charge in [0.2, 0.25) is 0 Å². The summed E-state index contributed by atoms with van der Waals surface area (Å²) in [6.07, 6.45) is 9.74. The van der Waals surface area contributed by atoms with Crippen molar-refractivity contribution in [1.29, 1.82) is 0 Å². The quantitative estimate of drug-likeness (QED) is 0.484. The average molecular weight is 445 g/mol. The van der Waals surface area contributed by atoms with Crippen LogP contribution in [0.25, 0.3) is 0 Å². The molecule has 0 saturated heterocycles. The molecule has 1 nitrogen and oxygen atoms in total. The molecule has 1 aliphatic rings. The van der Waals surface area contributed by atoms with Gasteiger partial charge in [-0.25, -0.2) is 17.7 Å². The van der Waals surface area contributed by atoms with Gasteiger partial charge in [0.05, 0.1) is 5.69 Å². The zero-order valence-electron chi connectivity index (χ0n) is 15.3. The fraction of sp³-hybridized carbons (Fsp3) is 0.125. The Labute approximate surface area is 190 Å². The van der Waals surface area contributed by atoms with Crippen LogP contribution in [0.3, 0.4) is 0 Å². The van der Waals surface area contributed by atoms with Crippen LogP contribution >= 0.6 is 0 Å². The predicted octanol–water partition coefficient (Wildman–Crippen LogP) is -0.479. The SMILES string of the molecule is [C-]1=C(C(c2ccccc2)c2ccccn2)CC=C1Cc1ccccc1.[Cl-].[Cl-].[Cr+3]. The molecule has 1 aromatic heterocycles. The van der Waals surface area contributed by atoms with Crippen molar-refractivity contribution in [2.45, 2.75) is 18.8 Å². The van der Waals surface area contributed by atoms with Gasteiger partial charge in [-0.2, -0.15) is 5.57 Å². The van der Waals surface area contributed by atoms with E-state index in [0.717, 1.165) is 18.5 Å². The van der Waals surface area contributed by atoms with Gasteiger partial charge in [-0.3, -0.25) is 4.98 Å². The van der Waals surface area contributed by atoms with Gasteiger partial charge in [0.15, 0.2) is 0 Å². The number of allylic oxidation sites excluding steroid dienone is 4. The Morgan fingerprint density at radius 2 is 1.46 bits per heavy atom. The maximum atomic E-state index is 4.63. The molecule has 0 aliphatic heterocycles. The van der Waals surface area contributed by atoms with Gasteiger partial charge in [0, 0.05) is 12.1 Å². The Balaban J connectivity index is 0.00000131. The van der Waals surface area contributed by atoms with Gasteiger partial charge >= 0.3 is 17.4 Å². The van der Waals surface area contributed by atoms with E-state index in [1.165, 1.54) is 22.3 Å². The summed E-state index contributed by atoms with van der Waals surface area (Å²) in [5.41, 5.74) is 6.27. The van der Waals surface area contributed by atoms with Gasteiger partial charge in [-0.05, 0) is 29.7 Å². The van der Waals surface area contributed by atoms with Crippen LogP contribution < -0.4 is 24.8 Å². The van der Waals surface area contributed by atoms with E-state index in [-0.39, 0.29) is 48.1 Å². The van der Waals surface area contributed by atoms with Crippen molar-refractivity contribution in [1.82, 2.24) is 4.98 Å². The zero-order chi connectivity index (χ0) is 16.9. The molecule has 1 aliphatic carbocycles. The van der Waals surface area contributed by atoms with E-state index in [0.29, 0.717) is 0 Å². The largest absolute Gasteiger partial charge is 3.00 e. The van der Waals surface area contributed by atoms with Crippen molar-refractivity contribution in [3.05, 3.63) is 125 Å². The number of pyridine rings is 1. The van der Waals surface area contributed by atoms with E-state index in [1.807, 2.05) is 12.3 Å². The van der Waals surface area contributed by atoms with Crippen molar-refractivity contribution >= 4 is 0 Å². The fourth-order valence-corrected chi connectivity index (χ4v) is 3.41. The first-order valence-corrected chi connectivity index (χ1v) is 8.72. The van der Waals surface area contributed by atoms with Crippen molar-refractivity contribution in [2.75, 3.05) is 0 Å². The summed E-state index contributed by atoms with van der Waals surface area (Å²) >= 11 is 0. The van der Waals surface area contributed by atoms with Crippen LogP contribution in [0.4, 0.5) is 0 Å². The van der Waals surface area contributed by atoms with Crippen molar-refractivity contribution in [3.8, 4) is 0 Å². The Bertz CT molecular complexity index is 854. The predicted molar refractivity (Wildman–Crippen MR) is 102 cm³/mol. The molecule has 3 aromatic rings. The topological polar surface area (TPSA) is 12.9 Å². The number of nitrogens with zero attached hydrogens (tertiary/aromatic N) is 1. The van der Waals surface area contributed by atoms with Crippen LogP contribution in [0.15, 0.2) is 102 Å². The molecule has 0 fully saturated rings. The Hall–Kier alpha value is -1.82. The minimum absolute atomic E-state index is 0. The maximum Gasteiger partial charge on any atom is 3.00 e. The van der Waals surface area contributed by atoms with Crippen LogP contribution in [0.2, 0.25) is 0 Å². The normalized spacial score (nSPS) is 13.1. The molecule has 0 spiro atoms. The average Bonchev–Trinajstić information content (AvgIpc) is 3.12. The summed E-state index contributed by atoms with van der Waals surface area (Å²) in [6.45, 7) is 0. The number of rotatable bonds is 5. The summed E-state index contributed by atoms with van der Waals surface area (Å²) in [4.78, 5) is 4.63. The Morgan fingerprint density at radius 3 is 2.11 bits per heavy atom. The third kappa shape index (κ3) is 5.84. The summed E-state index contributed by atoms with van der Waals surface area (Å²) in [7, 11) is 0. The van der Waals surface area contributed by atoms with Gasteiger partial charge in [-0.15, -0.1) is 0 Å². The van der Waals surface area contributed by atoms with Crippen LogP contribution in [-0.2, 0) is 23.8 Å². The van der Waals surface area contributed by atoms with E-state index >= 15 is 0 Å². The second kappa shape index (κ2) is 11.9. The van der Waals surface area contributed by atoms with Crippen molar-refractivity contribution in [2.24, 2.45) is 0 Å². The monoisotopic (exact) mass is 444 g/mol. The zero-order valence-corrected chi connectivity index (χ0v) is 18.1. The van der Waals surface area contributed by atoms with Crippen LogP contribution in [0.1, 0.15) is 29.2 Å². The number of hydrogen-bond donors (Lipinski definition) is 0. The molecule has 0 bridgehead atoms. The molecule has 0 N–H and O–H groups in total. The van der Waals surface area contributed by atoms with E-state index in [4.69, 9.17) is 0 Å². The first kappa shape index (κ1) is 24.2. The molecule has 1 heterocycles. The Kier molecular flexibility index (Phi) is 10.3. The van der Waals surface area contributed by atoms with Crippen LogP contribution in [0, 0.1) is 6.08 Å². The molecule has 0 amide bonds. The molecule has 4 rings (SSSR count). The number of benzene rings is 2. The van der Waals surface area contributed by atoms with Crippen molar-refractivity contribution < 1.29 is 42.2 Å². The number of aromatic nitrogens is 1. The second-order valence-corrected chi connectivity index (χ2v) is 6.34. The first-order chi connectivity index (χ1) is 12.4. The Morgan fingerprint density at radius 1 is 0.821 bits per heavy atom. The van der Waals surface area contributed by atoms with Crippen molar-refractivity contribution in [3.63, 3.8) is 0 Å². The molecule has 1 atom stereocenters. The molecule has 2 aromatic carbocycles. The third-order valence-corrected chi connectivity index (χ3v) is 4.59. The number of halogens is 2. The standard InChI is InChI=1S/C24H20N.2ClH.Cr/c1-3-9-19(10-4-1)17-20-14-15-22(18-20)24(21-11-5-2-6-12-21)23-13-7-8-16-25-23;;;/h1-14,16,24H,15,17H2;2*1H;/q-1;;;+3/p-2. The molecule has 0 saturated carbocycles. The summed E-state index contributed by atoms with van der Waals surface area (Å²) < 4.78 is 0. The molecular formula is C24H20Cl2CrN. The van der Waals surface area contributed by atoms with Gasteiger partial charge < -0.3 is 24.8 Å². The summed E-state index contributed by atoms with van der Waals surface area (Å²) in [5.74, 6) is 0.173. The van der Waals surface area contributed by atoms with E-state index in [2.05, 4.69) is 89.9 Å². The smallest absolute Gasteiger partial charge is 1.00 e. The molecule has 1 radical (unpaired) electrons. The maximum absolute atomic E-state index is 4.63. The van der Waals surface area contributed by atoms with Gasteiger partial charge in [-0.1, -0.05) is 73.2 Å².